The van der Waals surface area contributed by atoms with E-state index < -0.39 is 21.0 Å². The van der Waals surface area contributed by atoms with Gasteiger partial charge in [-0.25, -0.2) is 8.42 Å². The van der Waals surface area contributed by atoms with Gasteiger partial charge in [-0.05, 0) is 44.5 Å². The van der Waals surface area contributed by atoms with Gasteiger partial charge in [0, 0.05) is 11.5 Å². The number of nitriles is 1. The molecule has 148 valence electrons. The molecule has 1 aromatic heterocycles. The zero-order valence-corrected chi connectivity index (χ0v) is 17.0. The molecule has 1 heterocycles. The topological polar surface area (TPSA) is 142 Å². The number of nitrogens with zero attached hydrogens (tertiary/aromatic N) is 3. The molecular formula is C17H18N4O5S2. The Morgan fingerprint density at radius 1 is 1.46 bits per heavy atom. The van der Waals surface area contributed by atoms with E-state index in [1.54, 1.807) is 13.0 Å². The maximum absolute atomic E-state index is 12.3. The number of nitrogens with one attached hydrogen (secondary N) is 1. The number of phenolic OH excluding ortho intramolecular Hbond substituents is 1. The number of carbonyl (C=O) groups excluding carboxylic acids is 1. The number of carbonyl (C=O) groups is 1. The summed E-state index contributed by atoms with van der Waals surface area (Å²) in [5.41, 5.74) is 0.227. The molecule has 0 spiro atoms. The van der Waals surface area contributed by atoms with Crippen LogP contribution >= 0.6 is 11.5 Å². The van der Waals surface area contributed by atoms with Crippen molar-refractivity contribution in [2.45, 2.75) is 31.2 Å². The fraction of sp³-hybridized carbons (Fsp3) is 0.294. The van der Waals surface area contributed by atoms with Crippen LogP contribution in [0.5, 0.6) is 11.5 Å². The largest absolute Gasteiger partial charge is 0.504 e. The van der Waals surface area contributed by atoms with Crippen LogP contribution in [-0.4, -0.2) is 40.6 Å². The van der Waals surface area contributed by atoms with E-state index in [0.29, 0.717) is 23.7 Å². The van der Waals surface area contributed by atoms with Crippen LogP contribution in [0, 0.1) is 11.3 Å². The van der Waals surface area contributed by atoms with Crippen LogP contribution in [0.2, 0.25) is 0 Å². The van der Waals surface area contributed by atoms with E-state index in [1.807, 2.05) is 0 Å². The third-order valence-corrected chi connectivity index (χ3v) is 6.14. The van der Waals surface area contributed by atoms with E-state index in [9.17, 15) is 23.6 Å². The standard InChI is InChI=1S/C17H18N4O5S2/c1-4-26-14-8-11(5-6-13(14)22)7-12(9-18)15(23)19-16-20-17(21-27-16)28(24,25)10(2)3/h5-8,10,22H,4H2,1-3H3,(H,19,20,21,23)/b12-7-. The Hall–Kier alpha value is -2.97. The van der Waals surface area contributed by atoms with E-state index >= 15 is 0 Å². The molecule has 2 rings (SSSR count). The molecule has 0 unspecified atom stereocenters. The minimum atomic E-state index is -3.66. The van der Waals surface area contributed by atoms with Crippen molar-refractivity contribution in [2.24, 2.45) is 0 Å². The highest BCUT2D eigenvalue weighted by atomic mass is 32.2. The Balaban J connectivity index is 2.23. The SMILES string of the molecule is CCOc1cc(/C=C(/C#N)C(=O)Nc2nc(S(=O)(=O)C(C)C)ns2)ccc1O. The molecular weight excluding hydrogens is 404 g/mol. The Labute approximate surface area is 166 Å². The van der Waals surface area contributed by atoms with Crippen molar-refractivity contribution in [1.29, 1.82) is 5.26 Å². The minimum Gasteiger partial charge on any atom is -0.504 e. The quantitative estimate of drug-likeness (QED) is 0.511. The molecule has 2 N–H and O–H groups in total. The number of benzene rings is 1. The summed E-state index contributed by atoms with van der Waals surface area (Å²) in [7, 11) is -3.66. The molecule has 0 saturated heterocycles. The normalized spacial score (nSPS) is 11.9. The molecule has 11 heteroatoms. The number of aromatic nitrogens is 2. The maximum Gasteiger partial charge on any atom is 0.268 e. The summed E-state index contributed by atoms with van der Waals surface area (Å²) in [6.07, 6.45) is 1.31. The summed E-state index contributed by atoms with van der Waals surface area (Å²) < 4.78 is 33.1. The first kappa shape index (κ1) is 21.3. The van der Waals surface area contributed by atoms with Crippen molar-refractivity contribution in [2.75, 3.05) is 11.9 Å². The number of ether oxygens (including phenoxy) is 1. The molecule has 28 heavy (non-hydrogen) atoms. The van der Waals surface area contributed by atoms with E-state index in [1.165, 1.54) is 38.1 Å². The number of hydrogen-bond donors (Lipinski definition) is 2. The molecule has 0 bridgehead atoms. The summed E-state index contributed by atoms with van der Waals surface area (Å²) in [5.74, 6) is -0.602. The summed E-state index contributed by atoms with van der Waals surface area (Å²) in [5, 5.41) is 20.3. The number of anilines is 1. The van der Waals surface area contributed by atoms with Gasteiger partial charge in [-0.1, -0.05) is 6.07 Å². The number of sulfone groups is 1. The molecule has 2 aromatic rings. The molecule has 0 radical (unpaired) electrons. The van der Waals surface area contributed by atoms with Crippen LogP contribution < -0.4 is 10.1 Å². The average Bonchev–Trinajstić information content (AvgIpc) is 3.11. The second-order valence-corrected chi connectivity index (χ2v) is 8.91. The minimum absolute atomic E-state index is 0.0360. The first-order valence-electron chi connectivity index (χ1n) is 8.15. The van der Waals surface area contributed by atoms with Crippen molar-refractivity contribution in [3.8, 4) is 17.6 Å². The highest BCUT2D eigenvalue weighted by Gasteiger charge is 2.25. The summed E-state index contributed by atoms with van der Waals surface area (Å²) in [6, 6.07) is 6.16. The second-order valence-electron chi connectivity index (χ2n) is 5.76. The van der Waals surface area contributed by atoms with Gasteiger partial charge >= 0.3 is 0 Å². The lowest BCUT2D eigenvalue weighted by atomic mass is 10.1. The molecule has 0 atom stereocenters. The van der Waals surface area contributed by atoms with Gasteiger partial charge in [0.05, 0.1) is 11.9 Å². The maximum atomic E-state index is 12.3. The molecule has 9 nitrogen and oxygen atoms in total. The van der Waals surface area contributed by atoms with Crippen molar-refractivity contribution in [1.82, 2.24) is 9.36 Å². The van der Waals surface area contributed by atoms with E-state index in [0.717, 1.165) is 0 Å². The lowest BCUT2D eigenvalue weighted by Gasteiger charge is -2.06. The van der Waals surface area contributed by atoms with Gasteiger partial charge in [0.1, 0.15) is 11.6 Å². The first-order chi connectivity index (χ1) is 13.2. The van der Waals surface area contributed by atoms with Crippen LogP contribution in [0.4, 0.5) is 5.13 Å². The van der Waals surface area contributed by atoms with E-state index in [-0.39, 0.29) is 27.4 Å². The number of hydrogen-bond acceptors (Lipinski definition) is 9. The van der Waals surface area contributed by atoms with Gasteiger partial charge in [0.15, 0.2) is 11.5 Å². The summed E-state index contributed by atoms with van der Waals surface area (Å²) in [6.45, 7) is 5.09. The Morgan fingerprint density at radius 2 is 2.18 bits per heavy atom. The number of aromatic hydroxyl groups is 1. The summed E-state index contributed by atoms with van der Waals surface area (Å²) in [4.78, 5) is 16.1. The van der Waals surface area contributed by atoms with Gasteiger partial charge < -0.3 is 9.84 Å². The van der Waals surface area contributed by atoms with Gasteiger partial charge in [-0.2, -0.15) is 14.6 Å². The highest BCUT2D eigenvalue weighted by molar-refractivity contribution is 7.91. The van der Waals surface area contributed by atoms with Gasteiger partial charge in [0.25, 0.3) is 11.1 Å². The van der Waals surface area contributed by atoms with Crippen LogP contribution in [0.1, 0.15) is 26.3 Å². The fourth-order valence-electron chi connectivity index (χ4n) is 1.96. The lowest BCUT2D eigenvalue weighted by Crippen LogP contribution is -2.16. The van der Waals surface area contributed by atoms with Crippen LogP contribution in [0.3, 0.4) is 0 Å². The number of rotatable bonds is 7. The predicted molar refractivity (Wildman–Crippen MR) is 104 cm³/mol. The fourth-order valence-corrected chi connectivity index (χ4v) is 3.65. The number of amides is 1. The molecule has 1 aromatic carbocycles. The lowest BCUT2D eigenvalue weighted by molar-refractivity contribution is -0.112. The smallest absolute Gasteiger partial charge is 0.268 e. The third kappa shape index (κ3) is 4.85. The van der Waals surface area contributed by atoms with Crippen molar-refractivity contribution >= 4 is 38.5 Å². The van der Waals surface area contributed by atoms with Gasteiger partial charge in [-0.3, -0.25) is 10.1 Å². The molecule has 0 fully saturated rings. The Bertz CT molecular complexity index is 1050. The zero-order chi connectivity index (χ0) is 20.9. The third-order valence-electron chi connectivity index (χ3n) is 3.46. The molecule has 0 aliphatic heterocycles. The predicted octanol–water partition coefficient (Wildman–Crippen LogP) is 2.37. The summed E-state index contributed by atoms with van der Waals surface area (Å²) >= 11 is 0.705. The average molecular weight is 422 g/mol. The monoisotopic (exact) mass is 422 g/mol. The van der Waals surface area contributed by atoms with Crippen LogP contribution in [-0.2, 0) is 14.6 Å². The van der Waals surface area contributed by atoms with Crippen molar-refractivity contribution in [3.63, 3.8) is 0 Å². The highest BCUT2D eigenvalue weighted by Crippen LogP contribution is 2.28. The Kier molecular flexibility index (Phi) is 6.71. The van der Waals surface area contributed by atoms with E-state index in [2.05, 4.69) is 14.7 Å². The second kappa shape index (κ2) is 8.81. The molecule has 0 aliphatic carbocycles. The van der Waals surface area contributed by atoms with Gasteiger partial charge in [0.2, 0.25) is 15.0 Å². The van der Waals surface area contributed by atoms with Crippen molar-refractivity contribution in [3.05, 3.63) is 29.3 Å². The van der Waals surface area contributed by atoms with Crippen LogP contribution in [0.15, 0.2) is 28.9 Å². The number of phenols is 1. The molecule has 0 aliphatic rings. The van der Waals surface area contributed by atoms with E-state index in [4.69, 9.17) is 4.74 Å². The van der Waals surface area contributed by atoms with Crippen LogP contribution in [0.25, 0.3) is 6.08 Å². The first-order valence-corrected chi connectivity index (χ1v) is 10.5. The molecule has 0 saturated carbocycles. The molecule has 1 amide bonds. The Morgan fingerprint density at radius 3 is 2.79 bits per heavy atom. The zero-order valence-electron chi connectivity index (χ0n) is 15.3. The van der Waals surface area contributed by atoms with Gasteiger partial charge in [-0.15, -0.1) is 0 Å². The van der Waals surface area contributed by atoms with Crippen molar-refractivity contribution < 1.29 is 23.1 Å².